The average molecular weight is 269 g/mol. The van der Waals surface area contributed by atoms with Crippen molar-refractivity contribution in [3.05, 3.63) is 59.9 Å². The van der Waals surface area contributed by atoms with Crippen molar-refractivity contribution in [1.82, 2.24) is 4.98 Å². The van der Waals surface area contributed by atoms with Crippen molar-refractivity contribution in [2.24, 2.45) is 10.2 Å². The second kappa shape index (κ2) is 5.13. The summed E-state index contributed by atoms with van der Waals surface area (Å²) in [4.78, 5) is 2.74. The summed E-state index contributed by atoms with van der Waals surface area (Å²) < 4.78 is 13.2. The van der Waals surface area contributed by atoms with Gasteiger partial charge in [0.2, 0.25) is 5.88 Å². The van der Waals surface area contributed by atoms with Gasteiger partial charge in [0.15, 0.2) is 5.69 Å². The SMILES string of the molecule is Oc1[nH]c2ccc(F)cc2c1N=NCc1ccccc1. The van der Waals surface area contributed by atoms with Crippen LogP contribution < -0.4 is 0 Å². The van der Waals surface area contributed by atoms with E-state index in [0.29, 0.717) is 17.4 Å². The van der Waals surface area contributed by atoms with Crippen molar-refractivity contribution in [2.45, 2.75) is 6.54 Å². The monoisotopic (exact) mass is 269 g/mol. The Balaban J connectivity index is 1.90. The van der Waals surface area contributed by atoms with E-state index in [1.54, 1.807) is 6.07 Å². The number of hydrogen-bond donors (Lipinski definition) is 2. The van der Waals surface area contributed by atoms with E-state index in [-0.39, 0.29) is 17.4 Å². The van der Waals surface area contributed by atoms with Crippen molar-refractivity contribution in [3.63, 3.8) is 0 Å². The van der Waals surface area contributed by atoms with Crippen LogP contribution in [0.1, 0.15) is 5.56 Å². The summed E-state index contributed by atoms with van der Waals surface area (Å²) in [6.07, 6.45) is 0. The van der Waals surface area contributed by atoms with Crippen LogP contribution in [0.2, 0.25) is 0 Å². The van der Waals surface area contributed by atoms with Gasteiger partial charge >= 0.3 is 0 Å². The lowest BCUT2D eigenvalue weighted by Crippen LogP contribution is -1.77. The smallest absolute Gasteiger partial charge is 0.218 e. The van der Waals surface area contributed by atoms with Crippen LogP contribution in [0.3, 0.4) is 0 Å². The molecular weight excluding hydrogens is 257 g/mol. The van der Waals surface area contributed by atoms with Crippen LogP contribution in [-0.2, 0) is 6.54 Å². The maximum absolute atomic E-state index is 13.2. The van der Waals surface area contributed by atoms with Crippen LogP contribution in [0.4, 0.5) is 10.1 Å². The Hall–Kier alpha value is -2.69. The summed E-state index contributed by atoms with van der Waals surface area (Å²) in [7, 11) is 0. The van der Waals surface area contributed by atoms with Gasteiger partial charge in [0.1, 0.15) is 5.82 Å². The quantitative estimate of drug-likeness (QED) is 0.684. The van der Waals surface area contributed by atoms with E-state index in [4.69, 9.17) is 0 Å². The molecule has 0 aliphatic heterocycles. The van der Waals surface area contributed by atoms with Crippen LogP contribution in [0, 0.1) is 5.82 Å². The lowest BCUT2D eigenvalue weighted by Gasteiger charge is -1.94. The third-order valence-corrected chi connectivity index (χ3v) is 2.98. The molecule has 100 valence electrons. The minimum absolute atomic E-state index is 0.109. The molecule has 0 radical (unpaired) electrons. The van der Waals surface area contributed by atoms with Gasteiger partial charge in [-0.05, 0) is 23.8 Å². The fraction of sp³-hybridized carbons (Fsp3) is 0.0667. The van der Waals surface area contributed by atoms with Gasteiger partial charge in [-0.15, -0.1) is 5.11 Å². The van der Waals surface area contributed by atoms with Gasteiger partial charge in [-0.2, -0.15) is 5.11 Å². The highest BCUT2D eigenvalue weighted by molar-refractivity contribution is 5.94. The van der Waals surface area contributed by atoms with Gasteiger partial charge in [0, 0.05) is 5.39 Å². The van der Waals surface area contributed by atoms with E-state index >= 15 is 0 Å². The molecule has 5 heteroatoms. The number of aromatic amines is 1. The number of halogens is 1. The first-order valence-electron chi connectivity index (χ1n) is 6.15. The molecule has 0 spiro atoms. The topological polar surface area (TPSA) is 60.7 Å². The molecule has 1 aromatic heterocycles. The Kier molecular flexibility index (Phi) is 3.16. The van der Waals surface area contributed by atoms with Crippen LogP contribution in [0.25, 0.3) is 10.9 Å². The van der Waals surface area contributed by atoms with Gasteiger partial charge in [0.25, 0.3) is 0 Å². The molecule has 0 atom stereocenters. The minimum atomic E-state index is -0.379. The van der Waals surface area contributed by atoms with E-state index in [2.05, 4.69) is 15.2 Å². The second-order valence-electron chi connectivity index (χ2n) is 4.40. The lowest BCUT2D eigenvalue weighted by atomic mass is 10.2. The largest absolute Gasteiger partial charge is 0.493 e. The number of H-pyrrole nitrogens is 1. The van der Waals surface area contributed by atoms with E-state index in [9.17, 15) is 9.50 Å². The third-order valence-electron chi connectivity index (χ3n) is 2.98. The van der Waals surface area contributed by atoms with Gasteiger partial charge in [-0.1, -0.05) is 30.3 Å². The van der Waals surface area contributed by atoms with Crippen molar-refractivity contribution in [3.8, 4) is 5.88 Å². The normalized spacial score (nSPS) is 11.4. The number of fused-ring (bicyclic) bond motifs is 1. The highest BCUT2D eigenvalue weighted by atomic mass is 19.1. The van der Waals surface area contributed by atoms with E-state index in [0.717, 1.165) is 5.56 Å². The Morgan fingerprint density at radius 1 is 1.10 bits per heavy atom. The molecular formula is C15H12FN3O. The molecule has 0 saturated carbocycles. The predicted molar refractivity (Wildman–Crippen MR) is 74.6 cm³/mol. The standard InChI is InChI=1S/C15H12FN3O/c16-11-6-7-13-12(8-11)14(15(20)18-13)19-17-9-10-4-2-1-3-5-10/h1-8,18,20H,9H2. The molecule has 0 unspecified atom stereocenters. The molecule has 4 nitrogen and oxygen atoms in total. The highest BCUT2D eigenvalue weighted by Gasteiger charge is 2.10. The van der Waals surface area contributed by atoms with Crippen molar-refractivity contribution >= 4 is 16.6 Å². The predicted octanol–water partition coefficient (Wildman–Crippen LogP) is 4.30. The average Bonchev–Trinajstić information content (AvgIpc) is 2.76. The number of azo groups is 1. The maximum atomic E-state index is 13.2. The zero-order valence-electron chi connectivity index (χ0n) is 10.5. The van der Waals surface area contributed by atoms with E-state index in [1.165, 1.54) is 12.1 Å². The molecule has 0 aliphatic carbocycles. The van der Waals surface area contributed by atoms with E-state index < -0.39 is 0 Å². The molecule has 2 N–H and O–H groups in total. The number of nitrogens with zero attached hydrogens (tertiary/aromatic N) is 2. The molecule has 3 aromatic rings. The molecule has 1 heterocycles. The fourth-order valence-corrected chi connectivity index (χ4v) is 2.01. The first kappa shape index (κ1) is 12.3. The first-order chi connectivity index (χ1) is 9.74. The lowest BCUT2D eigenvalue weighted by molar-refractivity contribution is 0.459. The van der Waals surface area contributed by atoms with Crippen molar-refractivity contribution in [2.75, 3.05) is 0 Å². The van der Waals surface area contributed by atoms with Crippen LogP contribution in [0.5, 0.6) is 5.88 Å². The number of aromatic hydroxyl groups is 1. The number of nitrogens with one attached hydrogen (secondary N) is 1. The first-order valence-corrected chi connectivity index (χ1v) is 6.15. The number of aromatic nitrogens is 1. The van der Waals surface area contributed by atoms with Crippen molar-refractivity contribution in [1.29, 1.82) is 0 Å². The van der Waals surface area contributed by atoms with Crippen molar-refractivity contribution < 1.29 is 9.50 Å². The van der Waals surface area contributed by atoms with Gasteiger partial charge in [-0.25, -0.2) is 4.39 Å². The summed E-state index contributed by atoms with van der Waals surface area (Å²) >= 11 is 0. The van der Waals surface area contributed by atoms with Gasteiger partial charge in [-0.3, -0.25) is 0 Å². The zero-order valence-corrected chi connectivity index (χ0v) is 10.5. The number of benzene rings is 2. The Labute approximate surface area is 114 Å². The van der Waals surface area contributed by atoms with Crippen LogP contribution in [-0.4, -0.2) is 10.1 Å². The van der Waals surface area contributed by atoms with Crippen LogP contribution in [0.15, 0.2) is 58.8 Å². The molecule has 0 saturated heterocycles. The molecule has 2 aromatic carbocycles. The summed E-state index contributed by atoms with van der Waals surface area (Å²) in [5.41, 5.74) is 1.90. The second-order valence-corrected chi connectivity index (χ2v) is 4.40. The molecule has 20 heavy (non-hydrogen) atoms. The molecule has 0 amide bonds. The Morgan fingerprint density at radius 3 is 2.70 bits per heavy atom. The Morgan fingerprint density at radius 2 is 1.90 bits per heavy atom. The molecule has 3 rings (SSSR count). The number of hydrogen-bond acceptors (Lipinski definition) is 3. The third kappa shape index (κ3) is 2.38. The van der Waals surface area contributed by atoms with Gasteiger partial charge < -0.3 is 10.1 Å². The summed E-state index contributed by atoms with van der Waals surface area (Å²) in [5, 5.41) is 18.4. The number of rotatable bonds is 3. The summed E-state index contributed by atoms with van der Waals surface area (Å²) in [6.45, 7) is 0.405. The fourth-order valence-electron chi connectivity index (χ4n) is 2.01. The maximum Gasteiger partial charge on any atom is 0.218 e. The molecule has 0 bridgehead atoms. The summed E-state index contributed by atoms with van der Waals surface area (Å²) in [5.74, 6) is -0.488. The Bertz CT molecular complexity index is 765. The van der Waals surface area contributed by atoms with E-state index in [1.807, 2.05) is 30.3 Å². The molecule has 0 fully saturated rings. The highest BCUT2D eigenvalue weighted by Crippen LogP contribution is 2.35. The van der Waals surface area contributed by atoms with Crippen LogP contribution >= 0.6 is 0 Å². The minimum Gasteiger partial charge on any atom is -0.493 e. The molecule has 0 aliphatic rings. The van der Waals surface area contributed by atoms with Gasteiger partial charge in [0.05, 0.1) is 12.1 Å². The zero-order chi connectivity index (χ0) is 13.9. The summed E-state index contributed by atoms with van der Waals surface area (Å²) in [6, 6.07) is 13.8.